The molecule has 45 heavy (non-hydrogen) atoms. The van der Waals surface area contributed by atoms with Gasteiger partial charge in [0.05, 0.1) is 22.4 Å². The molecule has 1 aliphatic rings. The van der Waals surface area contributed by atoms with Crippen LogP contribution in [0.5, 0.6) is 0 Å². The normalized spacial score (nSPS) is 13.7. The zero-order valence-corrected chi connectivity index (χ0v) is 24.9. The molecular weight excluding hydrogens is 550 g/mol. The smallest absolute Gasteiger partial charge is 0.164 e. The van der Waals surface area contributed by atoms with Crippen LogP contribution in [0.25, 0.3) is 82.8 Å². The summed E-state index contributed by atoms with van der Waals surface area (Å²) in [5.41, 5.74) is 9.82. The van der Waals surface area contributed by atoms with Crippen molar-refractivity contribution in [3.63, 3.8) is 0 Å². The highest BCUT2D eigenvalue weighted by molar-refractivity contribution is 6.14. The Balaban J connectivity index is 1.35. The average Bonchev–Trinajstić information content (AvgIpc) is 3.68. The molecule has 0 aliphatic heterocycles. The first kappa shape index (κ1) is 24.7. The third-order valence-corrected chi connectivity index (χ3v) is 9.73. The maximum absolute atomic E-state index is 6.36. The highest BCUT2D eigenvalue weighted by atomic mass is 16.3. The lowest BCUT2D eigenvalue weighted by molar-refractivity contribution is 0.633. The van der Waals surface area contributed by atoms with Gasteiger partial charge in [0.25, 0.3) is 0 Å². The lowest BCUT2D eigenvalue weighted by Gasteiger charge is -2.21. The summed E-state index contributed by atoms with van der Waals surface area (Å²) in [6.45, 7) is 4.52. The molecule has 0 atom stereocenters. The van der Waals surface area contributed by atoms with Crippen LogP contribution in [-0.4, -0.2) is 14.5 Å². The Morgan fingerprint density at radius 2 is 1.27 bits per heavy atom. The van der Waals surface area contributed by atoms with Gasteiger partial charge in [0.2, 0.25) is 0 Å². The van der Waals surface area contributed by atoms with E-state index in [1.807, 2.05) is 12.1 Å². The Kier molecular flexibility index (Phi) is 4.76. The number of nitrogens with zero attached hydrogens (tertiary/aromatic N) is 3. The standard InChI is InChI=1S/C41H27N3O/c1-41(2)32-16-8-5-15-30(32)38-39(41)43-40(37(42-38)26-19-20-29-28-14-7-10-18-35(28)45-36(29)23-26)44-33-17-9-6-13-27(33)31-21-24-11-3-4-12-25(24)22-34(31)44/h3-23H,1-2H3. The summed E-state index contributed by atoms with van der Waals surface area (Å²) in [5.74, 6) is 0.826. The highest BCUT2D eigenvalue weighted by Gasteiger charge is 2.39. The molecule has 0 saturated carbocycles. The molecule has 0 radical (unpaired) electrons. The van der Waals surface area contributed by atoms with Gasteiger partial charge in [-0.25, -0.2) is 9.97 Å². The van der Waals surface area contributed by atoms with E-state index in [1.165, 1.54) is 27.1 Å². The second-order valence-electron chi connectivity index (χ2n) is 12.6. The van der Waals surface area contributed by atoms with Crippen molar-refractivity contribution in [2.45, 2.75) is 19.3 Å². The summed E-state index contributed by atoms with van der Waals surface area (Å²) in [7, 11) is 0. The predicted octanol–water partition coefficient (Wildman–Crippen LogP) is 10.6. The molecule has 10 rings (SSSR count). The third-order valence-electron chi connectivity index (χ3n) is 9.73. The van der Waals surface area contributed by atoms with E-state index < -0.39 is 0 Å². The van der Waals surface area contributed by atoms with Crippen LogP contribution in [-0.2, 0) is 5.41 Å². The number of furan rings is 1. The van der Waals surface area contributed by atoms with Crippen molar-refractivity contribution in [3.8, 4) is 28.3 Å². The van der Waals surface area contributed by atoms with E-state index >= 15 is 0 Å². The molecular formula is C41H27N3O. The zero-order chi connectivity index (χ0) is 29.9. The summed E-state index contributed by atoms with van der Waals surface area (Å²) < 4.78 is 8.68. The number of benzene rings is 6. The van der Waals surface area contributed by atoms with Crippen molar-refractivity contribution < 1.29 is 4.42 Å². The minimum absolute atomic E-state index is 0.291. The van der Waals surface area contributed by atoms with Crippen molar-refractivity contribution in [2.75, 3.05) is 0 Å². The van der Waals surface area contributed by atoms with Crippen LogP contribution in [0.15, 0.2) is 132 Å². The topological polar surface area (TPSA) is 43.9 Å². The van der Waals surface area contributed by atoms with Crippen LogP contribution in [0, 0.1) is 0 Å². The number of hydrogen-bond acceptors (Lipinski definition) is 3. The van der Waals surface area contributed by atoms with Gasteiger partial charge in [-0.1, -0.05) is 105 Å². The first-order chi connectivity index (χ1) is 22.1. The molecule has 0 amide bonds. The van der Waals surface area contributed by atoms with E-state index in [0.29, 0.717) is 0 Å². The lowest BCUT2D eigenvalue weighted by atomic mass is 9.85. The van der Waals surface area contributed by atoms with Crippen LogP contribution in [0.3, 0.4) is 0 Å². The van der Waals surface area contributed by atoms with Crippen LogP contribution < -0.4 is 0 Å². The van der Waals surface area contributed by atoms with Crippen molar-refractivity contribution in [1.29, 1.82) is 0 Å². The third kappa shape index (κ3) is 3.31. The molecule has 3 aromatic heterocycles. The second kappa shape index (κ2) is 8.67. The number of aromatic nitrogens is 3. The van der Waals surface area contributed by atoms with E-state index in [1.54, 1.807) is 0 Å². The summed E-state index contributed by atoms with van der Waals surface area (Å²) in [6.07, 6.45) is 0. The molecule has 1 aliphatic carbocycles. The molecule has 0 N–H and O–H groups in total. The van der Waals surface area contributed by atoms with E-state index in [-0.39, 0.29) is 5.41 Å². The van der Waals surface area contributed by atoms with Gasteiger partial charge in [-0.05, 0) is 52.7 Å². The number of fused-ring (bicyclic) bond motifs is 10. The van der Waals surface area contributed by atoms with E-state index in [0.717, 1.165) is 67.0 Å². The summed E-state index contributed by atoms with van der Waals surface area (Å²) in [4.78, 5) is 11.1. The van der Waals surface area contributed by atoms with Gasteiger partial charge in [-0.2, -0.15) is 0 Å². The molecule has 4 nitrogen and oxygen atoms in total. The van der Waals surface area contributed by atoms with Crippen molar-refractivity contribution in [3.05, 3.63) is 139 Å². The Labute approximate surface area is 259 Å². The van der Waals surface area contributed by atoms with Crippen molar-refractivity contribution in [2.24, 2.45) is 0 Å². The quantitative estimate of drug-likeness (QED) is 0.205. The van der Waals surface area contributed by atoms with Gasteiger partial charge in [-0.15, -0.1) is 0 Å². The minimum atomic E-state index is -0.291. The summed E-state index contributed by atoms with van der Waals surface area (Å²) in [5, 5.41) is 7.03. The first-order valence-corrected chi connectivity index (χ1v) is 15.4. The molecule has 6 aromatic carbocycles. The number of hydrogen-bond donors (Lipinski definition) is 0. The van der Waals surface area contributed by atoms with Gasteiger partial charge < -0.3 is 4.42 Å². The number of para-hydroxylation sites is 2. The van der Waals surface area contributed by atoms with Crippen molar-refractivity contribution >= 4 is 54.5 Å². The largest absolute Gasteiger partial charge is 0.456 e. The molecule has 4 heteroatoms. The van der Waals surface area contributed by atoms with Crippen LogP contribution in [0.4, 0.5) is 0 Å². The molecule has 0 saturated heterocycles. The minimum Gasteiger partial charge on any atom is -0.456 e. The fourth-order valence-corrected chi connectivity index (χ4v) is 7.52. The summed E-state index contributed by atoms with van der Waals surface area (Å²) >= 11 is 0. The second-order valence-corrected chi connectivity index (χ2v) is 12.6. The highest BCUT2D eigenvalue weighted by Crippen LogP contribution is 2.49. The number of rotatable bonds is 2. The molecule has 0 spiro atoms. The Bertz CT molecular complexity index is 2690. The molecule has 212 valence electrons. The Morgan fingerprint density at radius 3 is 2.16 bits per heavy atom. The van der Waals surface area contributed by atoms with E-state index in [9.17, 15) is 0 Å². The monoisotopic (exact) mass is 577 g/mol. The molecule has 0 fully saturated rings. The van der Waals surface area contributed by atoms with Gasteiger partial charge in [0.15, 0.2) is 5.82 Å². The molecule has 0 bridgehead atoms. The van der Waals surface area contributed by atoms with Crippen LogP contribution in [0.1, 0.15) is 25.1 Å². The van der Waals surface area contributed by atoms with Crippen LogP contribution >= 0.6 is 0 Å². The summed E-state index contributed by atoms with van der Waals surface area (Å²) in [6, 6.07) is 45.1. The first-order valence-electron chi connectivity index (χ1n) is 15.4. The van der Waals surface area contributed by atoms with E-state index in [4.69, 9.17) is 14.4 Å². The fourth-order valence-electron chi connectivity index (χ4n) is 7.52. The fraction of sp³-hybridized carbons (Fsp3) is 0.0732. The van der Waals surface area contributed by atoms with Gasteiger partial charge in [-0.3, -0.25) is 4.57 Å². The SMILES string of the molecule is CC1(C)c2ccccc2-c2nc(-c3ccc4c(c3)oc3ccccc34)c(-n3c4ccccc4c4cc5ccccc5cc43)nc21. The van der Waals surface area contributed by atoms with Crippen molar-refractivity contribution in [1.82, 2.24) is 14.5 Å². The van der Waals surface area contributed by atoms with Crippen LogP contribution in [0.2, 0.25) is 0 Å². The van der Waals surface area contributed by atoms with Gasteiger partial charge >= 0.3 is 0 Å². The average molecular weight is 578 g/mol. The van der Waals surface area contributed by atoms with Gasteiger partial charge in [0.1, 0.15) is 16.9 Å². The lowest BCUT2D eigenvalue weighted by Crippen LogP contribution is -2.18. The Morgan fingerprint density at radius 1 is 0.556 bits per heavy atom. The zero-order valence-electron chi connectivity index (χ0n) is 24.9. The maximum atomic E-state index is 6.36. The van der Waals surface area contributed by atoms with Gasteiger partial charge in [0, 0.05) is 38.1 Å². The molecule has 9 aromatic rings. The van der Waals surface area contributed by atoms with E-state index in [2.05, 4.69) is 134 Å². The predicted molar refractivity (Wildman–Crippen MR) is 184 cm³/mol. The molecule has 0 unspecified atom stereocenters. The Hall–Kier alpha value is -5.74. The maximum Gasteiger partial charge on any atom is 0.164 e. The molecule has 3 heterocycles.